The predicted octanol–water partition coefficient (Wildman–Crippen LogP) is 10.8. The van der Waals surface area contributed by atoms with Crippen LogP contribution in [-0.2, 0) is 4.79 Å². The highest BCUT2D eigenvalue weighted by Gasteiger charge is 2.20. The molecule has 0 aliphatic rings. The topological polar surface area (TPSA) is 37.3 Å². The van der Waals surface area contributed by atoms with Gasteiger partial charge < -0.3 is 9.59 Å². The Morgan fingerprint density at radius 3 is 0.889 bits per heavy atom. The number of carboxylic acids is 1. The molecular weight excluding hydrogens is 442 g/mol. The highest BCUT2D eigenvalue weighted by molar-refractivity contribution is 5.72. The van der Waals surface area contributed by atoms with Gasteiger partial charge >= 0.3 is 5.97 Å². The number of carboxylic acid groups (broad SMARTS) is 1. The van der Waals surface area contributed by atoms with Gasteiger partial charge in [-0.1, -0.05) is 117 Å². The van der Waals surface area contributed by atoms with E-state index in [2.05, 4.69) is 27.8 Å². The summed E-state index contributed by atoms with van der Waals surface area (Å²) in [5.74, 6) is -0.757. The van der Waals surface area contributed by atoms with Crippen molar-refractivity contribution in [2.75, 3.05) is 26.7 Å². The lowest BCUT2D eigenvalue weighted by atomic mass is 9.98. The summed E-state index contributed by atoms with van der Waals surface area (Å²) >= 11 is 0. The van der Waals surface area contributed by atoms with Gasteiger partial charge in [0.15, 0.2) is 0 Å². The van der Waals surface area contributed by atoms with Gasteiger partial charge in [-0.3, -0.25) is 4.79 Å². The van der Waals surface area contributed by atoms with Crippen molar-refractivity contribution in [1.29, 1.82) is 0 Å². The van der Waals surface area contributed by atoms with E-state index in [1.807, 2.05) is 0 Å². The molecule has 3 nitrogen and oxygen atoms in total. The Balaban J connectivity index is 0. The molecule has 218 valence electrons. The van der Waals surface area contributed by atoms with Crippen molar-refractivity contribution in [3.05, 3.63) is 0 Å². The number of rotatable bonds is 24. The molecule has 0 saturated carbocycles. The number of hydrogen-bond acceptors (Lipinski definition) is 1. The maximum absolute atomic E-state index is 10.0. The van der Waals surface area contributed by atoms with Crippen molar-refractivity contribution >= 4 is 5.97 Å². The Morgan fingerprint density at radius 1 is 0.500 bits per heavy atom. The lowest BCUT2D eigenvalue weighted by molar-refractivity contribution is -0.910. The minimum Gasteiger partial charge on any atom is -0.481 e. The molecule has 0 aromatic carbocycles. The van der Waals surface area contributed by atoms with Crippen LogP contribution in [0.4, 0.5) is 0 Å². The second-order valence-corrected chi connectivity index (χ2v) is 12.7. The Bertz CT molecular complexity index is 410. The van der Waals surface area contributed by atoms with E-state index in [9.17, 15) is 4.79 Å². The third kappa shape index (κ3) is 28.0. The molecule has 0 bridgehead atoms. The Kier molecular flexibility index (Phi) is 27.2. The molecule has 0 fully saturated rings. The summed E-state index contributed by atoms with van der Waals surface area (Å²) < 4.78 is 1.36. The van der Waals surface area contributed by atoms with E-state index in [1.165, 1.54) is 159 Å². The summed E-state index contributed by atoms with van der Waals surface area (Å²) in [6.07, 6.45) is 30.3. The van der Waals surface area contributed by atoms with Crippen LogP contribution in [0.15, 0.2) is 0 Å². The van der Waals surface area contributed by atoms with Crippen molar-refractivity contribution in [2.45, 2.75) is 176 Å². The SMILES string of the molecule is CC(C)(C)C(=O)O.CCCCCCCCC[N+](C)(CCCCCCCCC)CCCCCCCCC. The van der Waals surface area contributed by atoms with E-state index in [0.717, 1.165) is 0 Å². The molecule has 0 rings (SSSR count). The maximum atomic E-state index is 10.0. The first kappa shape index (κ1) is 37.6. The van der Waals surface area contributed by atoms with Gasteiger partial charge in [0.05, 0.1) is 32.1 Å². The van der Waals surface area contributed by atoms with Crippen LogP contribution in [0.3, 0.4) is 0 Å². The minimum absolute atomic E-state index is 0.583. The fourth-order valence-corrected chi connectivity index (χ4v) is 4.69. The maximum Gasteiger partial charge on any atom is 0.308 e. The van der Waals surface area contributed by atoms with Gasteiger partial charge in [-0.25, -0.2) is 0 Å². The van der Waals surface area contributed by atoms with Crippen molar-refractivity contribution in [1.82, 2.24) is 0 Å². The van der Waals surface area contributed by atoms with Gasteiger partial charge in [0.2, 0.25) is 0 Å². The highest BCUT2D eigenvalue weighted by atomic mass is 16.4. The Hall–Kier alpha value is -0.570. The van der Waals surface area contributed by atoms with Crippen LogP contribution < -0.4 is 0 Å². The number of carbonyl (C=O) groups is 1. The van der Waals surface area contributed by atoms with Crippen LogP contribution in [-0.4, -0.2) is 42.2 Å². The van der Waals surface area contributed by atoms with E-state index in [4.69, 9.17) is 5.11 Å². The van der Waals surface area contributed by atoms with Crippen LogP contribution >= 0.6 is 0 Å². The number of aliphatic carboxylic acids is 1. The fraction of sp³-hybridized carbons (Fsp3) is 0.970. The second-order valence-electron chi connectivity index (χ2n) is 12.7. The molecule has 3 heteroatoms. The molecule has 0 aliphatic carbocycles. The van der Waals surface area contributed by atoms with E-state index in [1.54, 1.807) is 20.8 Å². The van der Waals surface area contributed by atoms with Crippen molar-refractivity contribution < 1.29 is 14.4 Å². The zero-order valence-corrected chi connectivity index (χ0v) is 26.3. The van der Waals surface area contributed by atoms with E-state index >= 15 is 0 Å². The number of hydrogen-bond donors (Lipinski definition) is 1. The second kappa shape index (κ2) is 26.1. The standard InChI is InChI=1S/C28H60N.C5H10O2/c1-5-8-11-14-17-20-23-26-29(4,27-24-21-18-15-12-9-6-2)28-25-22-19-16-13-10-7-3;1-5(2,3)4(6)7/h5-28H2,1-4H3;1-3H3,(H,6,7)/q+1;. The molecule has 0 saturated heterocycles. The van der Waals surface area contributed by atoms with Crippen LogP contribution in [0, 0.1) is 5.41 Å². The molecule has 0 aromatic heterocycles. The number of quaternary nitrogens is 1. The zero-order chi connectivity index (χ0) is 27.5. The smallest absolute Gasteiger partial charge is 0.308 e. The fourth-order valence-electron chi connectivity index (χ4n) is 4.69. The van der Waals surface area contributed by atoms with Gasteiger partial charge in [0.25, 0.3) is 0 Å². The van der Waals surface area contributed by atoms with Crippen molar-refractivity contribution in [2.24, 2.45) is 5.41 Å². The van der Waals surface area contributed by atoms with Gasteiger partial charge in [0, 0.05) is 0 Å². The van der Waals surface area contributed by atoms with E-state index in [-0.39, 0.29) is 0 Å². The molecule has 0 spiro atoms. The lowest BCUT2D eigenvalue weighted by Gasteiger charge is -2.35. The van der Waals surface area contributed by atoms with Gasteiger partial charge in [-0.15, -0.1) is 0 Å². The molecule has 0 aromatic rings. The van der Waals surface area contributed by atoms with E-state index < -0.39 is 11.4 Å². The number of nitrogens with zero attached hydrogens (tertiary/aromatic N) is 1. The first-order chi connectivity index (χ1) is 17.1. The molecule has 0 aliphatic heterocycles. The quantitative estimate of drug-likeness (QED) is 0.103. The molecule has 1 N–H and O–H groups in total. The normalized spacial score (nSPS) is 11.9. The first-order valence-corrected chi connectivity index (χ1v) is 16.2. The molecule has 36 heavy (non-hydrogen) atoms. The summed E-state index contributed by atoms with van der Waals surface area (Å²) in [5, 5.41) is 8.25. The van der Waals surface area contributed by atoms with Crippen LogP contribution in [0.1, 0.15) is 176 Å². The summed E-state index contributed by atoms with van der Waals surface area (Å²) in [6, 6.07) is 0. The molecule has 0 unspecified atom stereocenters. The average molecular weight is 513 g/mol. The van der Waals surface area contributed by atoms with Gasteiger partial charge in [-0.05, 0) is 59.3 Å². The Labute approximate surface area is 228 Å². The van der Waals surface area contributed by atoms with E-state index in [0.29, 0.717) is 0 Å². The summed E-state index contributed by atoms with van der Waals surface area (Å²) in [4.78, 5) is 10.0. The first-order valence-electron chi connectivity index (χ1n) is 16.2. The lowest BCUT2D eigenvalue weighted by Crippen LogP contribution is -2.46. The summed E-state index contributed by atoms with van der Waals surface area (Å²) in [6.45, 7) is 16.2. The molecule has 0 amide bonds. The van der Waals surface area contributed by atoms with Crippen LogP contribution in [0.2, 0.25) is 0 Å². The molecule has 0 radical (unpaired) electrons. The van der Waals surface area contributed by atoms with Crippen molar-refractivity contribution in [3.63, 3.8) is 0 Å². The zero-order valence-electron chi connectivity index (χ0n) is 26.3. The largest absolute Gasteiger partial charge is 0.481 e. The third-order valence-electron chi connectivity index (χ3n) is 7.55. The minimum atomic E-state index is -0.757. The third-order valence-corrected chi connectivity index (χ3v) is 7.55. The van der Waals surface area contributed by atoms with Crippen LogP contribution in [0.5, 0.6) is 0 Å². The van der Waals surface area contributed by atoms with Crippen molar-refractivity contribution in [3.8, 4) is 0 Å². The number of unbranched alkanes of at least 4 members (excludes halogenated alkanes) is 18. The summed E-state index contributed by atoms with van der Waals surface area (Å²) in [5.41, 5.74) is -0.583. The Morgan fingerprint density at radius 2 is 0.694 bits per heavy atom. The average Bonchev–Trinajstić information content (AvgIpc) is 2.82. The molecule has 0 atom stereocenters. The van der Waals surface area contributed by atoms with Gasteiger partial charge in [-0.2, -0.15) is 0 Å². The molecule has 0 heterocycles. The van der Waals surface area contributed by atoms with Gasteiger partial charge in [0.1, 0.15) is 0 Å². The summed E-state index contributed by atoms with van der Waals surface area (Å²) in [7, 11) is 2.57. The monoisotopic (exact) mass is 513 g/mol. The highest BCUT2D eigenvalue weighted by Crippen LogP contribution is 2.17. The molecular formula is C33H70NO2+. The predicted molar refractivity (Wildman–Crippen MR) is 162 cm³/mol. The van der Waals surface area contributed by atoms with Crippen LogP contribution in [0.25, 0.3) is 0 Å².